The molecule has 1 saturated heterocycles. The maximum Gasteiger partial charge on any atom is 0.490 e. The Balaban J connectivity index is 0.000000370. The first kappa shape index (κ1) is 23.2. The number of halogens is 3. The third-order valence-corrected chi connectivity index (χ3v) is 5.28. The van der Waals surface area contributed by atoms with Crippen LogP contribution >= 0.6 is 0 Å². The van der Waals surface area contributed by atoms with E-state index in [0.717, 1.165) is 42.8 Å². The second-order valence-electron chi connectivity index (χ2n) is 7.63. The smallest absolute Gasteiger partial charge is 0.475 e. The number of aryl methyl sites for hydroxylation is 2. The van der Waals surface area contributed by atoms with Crippen molar-refractivity contribution < 1.29 is 32.6 Å². The number of aliphatic carboxylic acids is 1. The van der Waals surface area contributed by atoms with Gasteiger partial charge in [-0.2, -0.15) is 13.2 Å². The largest absolute Gasteiger partial charge is 0.490 e. The lowest BCUT2D eigenvalue weighted by atomic mass is 10.0. The number of fused-ring (bicyclic) bond motifs is 2. The van der Waals surface area contributed by atoms with Crippen molar-refractivity contribution in [2.24, 2.45) is 5.92 Å². The lowest BCUT2D eigenvalue weighted by molar-refractivity contribution is -0.192. The van der Waals surface area contributed by atoms with E-state index < -0.39 is 12.1 Å². The monoisotopic (exact) mass is 416 g/mol. The van der Waals surface area contributed by atoms with Crippen molar-refractivity contribution in [2.75, 3.05) is 26.8 Å². The topological polar surface area (TPSA) is 78.9 Å². The summed E-state index contributed by atoms with van der Waals surface area (Å²) in [5.41, 5.74) is 3.07. The lowest BCUT2D eigenvalue weighted by Gasteiger charge is -2.31. The molecule has 29 heavy (non-hydrogen) atoms. The quantitative estimate of drug-likeness (QED) is 0.772. The van der Waals surface area contributed by atoms with Gasteiger partial charge in [0.2, 0.25) is 0 Å². The SMILES string of the molecule is COCCN1CC2CC1CC2NC(=O)c1cc(C)cc(C)c1.O=C(O)C(F)(F)F. The highest BCUT2D eigenvalue weighted by Gasteiger charge is 2.44. The lowest BCUT2D eigenvalue weighted by Crippen LogP contribution is -2.46. The van der Waals surface area contributed by atoms with Crippen LogP contribution in [0.15, 0.2) is 18.2 Å². The van der Waals surface area contributed by atoms with Crippen LogP contribution in [0.4, 0.5) is 13.2 Å². The van der Waals surface area contributed by atoms with Crippen molar-refractivity contribution in [1.29, 1.82) is 0 Å². The molecule has 1 aromatic rings. The maximum atomic E-state index is 12.5. The number of hydrogen-bond donors (Lipinski definition) is 2. The summed E-state index contributed by atoms with van der Waals surface area (Å²) in [5.74, 6) is -2.09. The molecule has 9 heteroatoms. The van der Waals surface area contributed by atoms with Gasteiger partial charge in [-0.15, -0.1) is 0 Å². The van der Waals surface area contributed by atoms with E-state index in [0.29, 0.717) is 18.0 Å². The summed E-state index contributed by atoms with van der Waals surface area (Å²) >= 11 is 0. The normalized spacial score (nSPS) is 23.4. The number of alkyl halides is 3. The van der Waals surface area contributed by atoms with Crippen molar-refractivity contribution >= 4 is 11.9 Å². The van der Waals surface area contributed by atoms with E-state index in [1.54, 1.807) is 7.11 Å². The molecule has 1 amide bonds. The van der Waals surface area contributed by atoms with E-state index in [2.05, 4.69) is 16.3 Å². The third-order valence-electron chi connectivity index (χ3n) is 5.28. The molecule has 6 nitrogen and oxygen atoms in total. The Kier molecular flexibility index (Phi) is 7.65. The summed E-state index contributed by atoms with van der Waals surface area (Å²) in [6.45, 7) is 6.97. The van der Waals surface area contributed by atoms with Gasteiger partial charge in [0, 0.05) is 37.8 Å². The number of ether oxygens (including phenoxy) is 1. The van der Waals surface area contributed by atoms with Gasteiger partial charge in [-0.05, 0) is 44.7 Å². The number of methoxy groups -OCH3 is 1. The highest BCUT2D eigenvalue weighted by atomic mass is 19.4. The molecule has 0 aromatic heterocycles. The fourth-order valence-electron chi connectivity index (χ4n) is 4.06. The first-order valence-corrected chi connectivity index (χ1v) is 9.43. The number of carboxylic acid groups (broad SMARTS) is 1. The van der Waals surface area contributed by atoms with Gasteiger partial charge in [0.25, 0.3) is 5.91 Å². The highest BCUT2D eigenvalue weighted by molar-refractivity contribution is 5.94. The van der Waals surface area contributed by atoms with Gasteiger partial charge in [0.05, 0.1) is 6.61 Å². The van der Waals surface area contributed by atoms with Gasteiger partial charge >= 0.3 is 12.1 Å². The van der Waals surface area contributed by atoms with Crippen LogP contribution in [-0.4, -0.2) is 66.9 Å². The van der Waals surface area contributed by atoms with Crippen LogP contribution in [0.2, 0.25) is 0 Å². The Bertz CT molecular complexity index is 719. The molecule has 3 unspecified atom stereocenters. The Hall–Kier alpha value is -2.13. The average Bonchev–Trinajstić information content (AvgIpc) is 3.18. The number of benzene rings is 1. The molecule has 1 aliphatic heterocycles. The van der Waals surface area contributed by atoms with Crippen LogP contribution < -0.4 is 5.32 Å². The minimum Gasteiger partial charge on any atom is -0.475 e. The average molecular weight is 416 g/mol. The van der Waals surface area contributed by atoms with Crippen LogP contribution in [0.3, 0.4) is 0 Å². The van der Waals surface area contributed by atoms with Crippen LogP contribution in [0.5, 0.6) is 0 Å². The van der Waals surface area contributed by atoms with Crippen LogP contribution in [0.1, 0.15) is 34.3 Å². The van der Waals surface area contributed by atoms with E-state index in [4.69, 9.17) is 14.6 Å². The standard InChI is InChI=1S/C18H26N2O2.C2HF3O2/c1-12-6-13(2)8-14(7-12)18(21)19-17-10-16-9-15(17)11-20(16)4-5-22-3;3-2(4,5)1(6)7/h6-8,15-17H,4-5,9-11H2,1-3H3,(H,19,21);(H,6,7). The number of carbonyl (C=O) groups is 2. The van der Waals surface area contributed by atoms with Gasteiger partial charge in [0.15, 0.2) is 0 Å². The molecule has 0 spiro atoms. The van der Waals surface area contributed by atoms with Gasteiger partial charge in [-0.25, -0.2) is 4.79 Å². The zero-order valence-electron chi connectivity index (χ0n) is 16.8. The second-order valence-corrected chi connectivity index (χ2v) is 7.63. The molecule has 162 valence electrons. The summed E-state index contributed by atoms with van der Waals surface area (Å²) in [5, 5.41) is 10.4. The van der Waals surface area contributed by atoms with E-state index in [1.807, 2.05) is 26.0 Å². The van der Waals surface area contributed by atoms with Crippen molar-refractivity contribution in [1.82, 2.24) is 10.2 Å². The number of piperidine rings is 1. The van der Waals surface area contributed by atoms with Crippen molar-refractivity contribution in [2.45, 2.75) is 44.9 Å². The molecule has 1 aliphatic carbocycles. The number of carbonyl (C=O) groups excluding carboxylic acids is 1. The highest BCUT2D eigenvalue weighted by Crippen LogP contribution is 2.37. The summed E-state index contributed by atoms with van der Waals surface area (Å²) in [7, 11) is 1.75. The molecule has 2 bridgehead atoms. The summed E-state index contributed by atoms with van der Waals surface area (Å²) in [4.78, 5) is 23.9. The Morgan fingerprint density at radius 3 is 2.24 bits per heavy atom. The number of hydrogen-bond acceptors (Lipinski definition) is 4. The fraction of sp³-hybridized carbons (Fsp3) is 0.600. The first-order chi connectivity index (χ1) is 13.5. The second kappa shape index (κ2) is 9.58. The molecule has 2 fully saturated rings. The summed E-state index contributed by atoms with van der Waals surface area (Å²) in [6, 6.07) is 6.99. The zero-order chi connectivity index (χ0) is 21.8. The fourth-order valence-corrected chi connectivity index (χ4v) is 4.06. The minimum atomic E-state index is -5.08. The maximum absolute atomic E-state index is 12.5. The predicted molar refractivity (Wildman–Crippen MR) is 101 cm³/mol. The van der Waals surface area contributed by atoms with Crippen molar-refractivity contribution in [3.63, 3.8) is 0 Å². The molecule has 1 heterocycles. The van der Waals surface area contributed by atoms with E-state index in [9.17, 15) is 18.0 Å². The molecule has 1 saturated carbocycles. The number of nitrogens with one attached hydrogen (secondary N) is 1. The molecule has 0 radical (unpaired) electrons. The first-order valence-electron chi connectivity index (χ1n) is 9.43. The molecule has 3 atom stereocenters. The number of amides is 1. The molecule has 3 rings (SSSR count). The van der Waals surface area contributed by atoms with E-state index >= 15 is 0 Å². The number of nitrogens with zero attached hydrogens (tertiary/aromatic N) is 1. The van der Waals surface area contributed by atoms with Gasteiger partial charge in [-0.1, -0.05) is 17.2 Å². The molecular formula is C20H27F3N2O4. The van der Waals surface area contributed by atoms with E-state index in [-0.39, 0.29) is 5.91 Å². The molecular weight excluding hydrogens is 389 g/mol. The third kappa shape index (κ3) is 6.43. The Labute approximate surface area is 168 Å². The summed E-state index contributed by atoms with van der Waals surface area (Å²) < 4.78 is 36.9. The van der Waals surface area contributed by atoms with Crippen molar-refractivity contribution in [3.8, 4) is 0 Å². The van der Waals surface area contributed by atoms with Gasteiger partial charge in [0.1, 0.15) is 0 Å². The van der Waals surface area contributed by atoms with Gasteiger partial charge in [-0.3, -0.25) is 9.69 Å². The number of rotatable bonds is 5. The van der Waals surface area contributed by atoms with Crippen molar-refractivity contribution in [3.05, 3.63) is 34.9 Å². The Morgan fingerprint density at radius 1 is 1.21 bits per heavy atom. The van der Waals surface area contributed by atoms with E-state index in [1.165, 1.54) is 6.42 Å². The van der Waals surface area contributed by atoms with Crippen LogP contribution in [0, 0.1) is 19.8 Å². The molecule has 2 N–H and O–H groups in total. The van der Waals surface area contributed by atoms with Crippen LogP contribution in [0.25, 0.3) is 0 Å². The molecule has 2 aliphatic rings. The number of likely N-dealkylation sites (tertiary alicyclic amines) is 1. The Morgan fingerprint density at radius 2 is 1.79 bits per heavy atom. The van der Waals surface area contributed by atoms with Crippen LogP contribution in [-0.2, 0) is 9.53 Å². The number of carboxylic acids is 1. The summed E-state index contributed by atoms with van der Waals surface area (Å²) in [6.07, 6.45) is -2.80. The van der Waals surface area contributed by atoms with Gasteiger partial charge < -0.3 is 15.2 Å². The minimum absolute atomic E-state index is 0.0767. The molecule has 1 aromatic carbocycles. The zero-order valence-corrected chi connectivity index (χ0v) is 16.8. The predicted octanol–water partition coefficient (Wildman–Crippen LogP) is 2.78.